The Bertz CT molecular complexity index is 690. The molecule has 0 aromatic heterocycles. The molecule has 0 atom stereocenters. The zero-order valence-corrected chi connectivity index (χ0v) is 14.4. The minimum Gasteiger partial charge on any atom is -0.482 e. The highest BCUT2D eigenvalue weighted by molar-refractivity contribution is 5.82. The van der Waals surface area contributed by atoms with Gasteiger partial charge in [-0.15, -0.1) is 0 Å². The number of para-hydroxylation sites is 1. The van der Waals surface area contributed by atoms with Crippen LogP contribution in [0.25, 0.3) is 0 Å². The van der Waals surface area contributed by atoms with Gasteiger partial charge in [0, 0.05) is 6.21 Å². The lowest BCUT2D eigenvalue weighted by Crippen LogP contribution is -2.18. The molecule has 2 aromatic carbocycles. The number of esters is 1. The van der Waals surface area contributed by atoms with Crippen LogP contribution < -0.4 is 4.74 Å². The fourth-order valence-electron chi connectivity index (χ4n) is 2.17. The number of aryl methyl sites for hydroxylation is 1. The first-order valence-corrected chi connectivity index (χ1v) is 8.12. The maximum atomic E-state index is 11.4. The van der Waals surface area contributed by atoms with Gasteiger partial charge in [0.05, 0.1) is 11.8 Å². The van der Waals surface area contributed by atoms with Crippen molar-refractivity contribution in [2.45, 2.75) is 33.3 Å². The second-order valence-electron chi connectivity index (χ2n) is 5.64. The molecule has 2 rings (SSSR count). The standard InChI is InChI=1S/C20H23NO3/c1-4-17-7-5-6-8-19(17)21-13-16-9-11-18(12-10-16)23-14-20(22)24-15(2)3/h5-13,15H,4,14H2,1-3H3. The van der Waals surface area contributed by atoms with Crippen molar-refractivity contribution < 1.29 is 14.3 Å². The number of hydrogen-bond acceptors (Lipinski definition) is 4. The Morgan fingerprint density at radius 2 is 1.83 bits per heavy atom. The van der Waals surface area contributed by atoms with Gasteiger partial charge in [-0.1, -0.05) is 25.1 Å². The summed E-state index contributed by atoms with van der Waals surface area (Å²) in [5.74, 6) is 0.258. The van der Waals surface area contributed by atoms with E-state index in [1.165, 1.54) is 5.56 Å². The maximum absolute atomic E-state index is 11.4. The van der Waals surface area contributed by atoms with Gasteiger partial charge < -0.3 is 9.47 Å². The van der Waals surface area contributed by atoms with Crippen LogP contribution in [0.5, 0.6) is 5.75 Å². The number of rotatable bonds is 7. The molecule has 0 aliphatic heterocycles. The van der Waals surface area contributed by atoms with Crippen LogP contribution in [0.3, 0.4) is 0 Å². The number of benzene rings is 2. The van der Waals surface area contributed by atoms with Crippen molar-refractivity contribution in [3.63, 3.8) is 0 Å². The van der Waals surface area contributed by atoms with Crippen molar-refractivity contribution >= 4 is 17.9 Å². The SMILES string of the molecule is CCc1ccccc1N=Cc1ccc(OCC(=O)OC(C)C)cc1. The first-order valence-electron chi connectivity index (χ1n) is 8.12. The summed E-state index contributed by atoms with van der Waals surface area (Å²) in [6, 6.07) is 15.5. The number of ether oxygens (including phenoxy) is 2. The first kappa shape index (κ1) is 17.7. The quantitative estimate of drug-likeness (QED) is 0.562. The predicted octanol–water partition coefficient (Wildman–Crippen LogP) is 4.33. The van der Waals surface area contributed by atoms with Crippen LogP contribution in [0.15, 0.2) is 53.5 Å². The average molecular weight is 325 g/mol. The monoisotopic (exact) mass is 325 g/mol. The van der Waals surface area contributed by atoms with Crippen LogP contribution in [0.2, 0.25) is 0 Å². The Balaban J connectivity index is 1.94. The van der Waals surface area contributed by atoms with Crippen LogP contribution in [0.4, 0.5) is 5.69 Å². The third-order valence-corrected chi connectivity index (χ3v) is 3.33. The van der Waals surface area contributed by atoms with Crippen LogP contribution in [-0.4, -0.2) is 24.9 Å². The summed E-state index contributed by atoms with van der Waals surface area (Å²) < 4.78 is 10.4. The van der Waals surface area contributed by atoms with Crippen molar-refractivity contribution in [1.29, 1.82) is 0 Å². The maximum Gasteiger partial charge on any atom is 0.344 e. The molecular weight excluding hydrogens is 302 g/mol. The smallest absolute Gasteiger partial charge is 0.344 e. The third-order valence-electron chi connectivity index (χ3n) is 3.33. The molecule has 0 amide bonds. The van der Waals surface area contributed by atoms with Gasteiger partial charge in [-0.2, -0.15) is 0 Å². The second-order valence-corrected chi connectivity index (χ2v) is 5.64. The Morgan fingerprint density at radius 1 is 1.12 bits per heavy atom. The molecule has 0 N–H and O–H groups in total. The van der Waals surface area contributed by atoms with Crippen molar-refractivity contribution in [2.24, 2.45) is 4.99 Å². The fraction of sp³-hybridized carbons (Fsp3) is 0.300. The van der Waals surface area contributed by atoms with Crippen molar-refractivity contribution in [1.82, 2.24) is 0 Å². The summed E-state index contributed by atoms with van der Waals surface area (Å²) in [4.78, 5) is 16.0. The van der Waals surface area contributed by atoms with E-state index in [4.69, 9.17) is 9.47 Å². The van der Waals surface area contributed by atoms with E-state index < -0.39 is 0 Å². The van der Waals surface area contributed by atoms with E-state index >= 15 is 0 Å². The fourth-order valence-corrected chi connectivity index (χ4v) is 2.17. The number of aliphatic imine (C=N–C) groups is 1. The van der Waals surface area contributed by atoms with E-state index in [-0.39, 0.29) is 18.7 Å². The van der Waals surface area contributed by atoms with Gasteiger partial charge in [-0.05, 0) is 61.7 Å². The third kappa shape index (κ3) is 5.54. The number of hydrogen-bond donors (Lipinski definition) is 0. The van der Waals surface area contributed by atoms with E-state index in [2.05, 4.69) is 18.0 Å². The van der Waals surface area contributed by atoms with Gasteiger partial charge in [0.25, 0.3) is 0 Å². The van der Waals surface area contributed by atoms with E-state index in [9.17, 15) is 4.79 Å². The average Bonchev–Trinajstić information content (AvgIpc) is 2.58. The molecule has 0 saturated heterocycles. The number of carbonyl (C=O) groups excluding carboxylic acids is 1. The van der Waals surface area contributed by atoms with Crippen LogP contribution in [0.1, 0.15) is 31.9 Å². The summed E-state index contributed by atoms with van der Waals surface area (Å²) in [5, 5.41) is 0. The van der Waals surface area contributed by atoms with Gasteiger partial charge in [0.15, 0.2) is 6.61 Å². The van der Waals surface area contributed by atoms with E-state index in [1.54, 1.807) is 0 Å². The molecule has 4 heteroatoms. The molecule has 24 heavy (non-hydrogen) atoms. The lowest BCUT2D eigenvalue weighted by atomic mass is 10.1. The van der Waals surface area contributed by atoms with E-state index in [0.29, 0.717) is 5.75 Å². The molecule has 0 unspecified atom stereocenters. The summed E-state index contributed by atoms with van der Waals surface area (Å²) in [7, 11) is 0. The number of nitrogens with zero attached hydrogens (tertiary/aromatic N) is 1. The molecule has 0 aliphatic rings. The Kier molecular flexibility index (Phi) is 6.55. The molecule has 0 aliphatic carbocycles. The highest BCUT2D eigenvalue weighted by Gasteiger charge is 2.06. The summed E-state index contributed by atoms with van der Waals surface area (Å²) in [5.41, 5.74) is 3.17. The largest absolute Gasteiger partial charge is 0.482 e. The van der Waals surface area contributed by atoms with Crippen molar-refractivity contribution in [2.75, 3.05) is 6.61 Å². The number of carbonyl (C=O) groups is 1. The summed E-state index contributed by atoms with van der Waals surface area (Å²) in [6.07, 6.45) is 2.64. The van der Waals surface area contributed by atoms with Gasteiger partial charge >= 0.3 is 5.97 Å². The molecule has 0 heterocycles. The molecule has 0 fully saturated rings. The zero-order valence-electron chi connectivity index (χ0n) is 14.4. The minimum absolute atomic E-state index is 0.0878. The Hall–Kier alpha value is -2.62. The Morgan fingerprint density at radius 3 is 2.50 bits per heavy atom. The normalized spacial score (nSPS) is 11.0. The van der Waals surface area contributed by atoms with Gasteiger partial charge in [-0.3, -0.25) is 4.99 Å². The topological polar surface area (TPSA) is 47.9 Å². The van der Waals surface area contributed by atoms with Gasteiger partial charge in [-0.25, -0.2) is 4.79 Å². The first-order chi connectivity index (χ1) is 11.6. The lowest BCUT2D eigenvalue weighted by molar-refractivity contribution is -0.149. The predicted molar refractivity (Wildman–Crippen MR) is 96.2 cm³/mol. The zero-order chi connectivity index (χ0) is 17.4. The molecule has 2 aromatic rings. The lowest BCUT2D eigenvalue weighted by Gasteiger charge is -2.09. The molecule has 0 saturated carbocycles. The second kappa shape index (κ2) is 8.87. The van der Waals surface area contributed by atoms with Crippen LogP contribution in [0, 0.1) is 0 Å². The molecule has 0 spiro atoms. The molecule has 126 valence electrons. The molecular formula is C20H23NO3. The summed E-state index contributed by atoms with van der Waals surface area (Å²) in [6.45, 7) is 5.64. The van der Waals surface area contributed by atoms with Crippen LogP contribution >= 0.6 is 0 Å². The highest BCUT2D eigenvalue weighted by Crippen LogP contribution is 2.19. The minimum atomic E-state index is -0.369. The molecule has 0 radical (unpaired) electrons. The molecule has 0 bridgehead atoms. The van der Waals surface area contributed by atoms with Crippen LogP contribution in [-0.2, 0) is 16.0 Å². The van der Waals surface area contributed by atoms with Crippen molar-refractivity contribution in [3.8, 4) is 5.75 Å². The van der Waals surface area contributed by atoms with Gasteiger partial charge in [0.2, 0.25) is 0 Å². The Labute approximate surface area is 143 Å². The van der Waals surface area contributed by atoms with Gasteiger partial charge in [0.1, 0.15) is 5.75 Å². The van der Waals surface area contributed by atoms with Crippen molar-refractivity contribution in [3.05, 3.63) is 59.7 Å². The van der Waals surface area contributed by atoms with E-state index in [1.807, 2.05) is 62.5 Å². The highest BCUT2D eigenvalue weighted by atomic mass is 16.6. The summed E-state index contributed by atoms with van der Waals surface area (Å²) >= 11 is 0. The van der Waals surface area contributed by atoms with E-state index in [0.717, 1.165) is 17.7 Å². The molecule has 4 nitrogen and oxygen atoms in total.